The van der Waals surface area contributed by atoms with E-state index in [9.17, 15) is 4.79 Å². The van der Waals surface area contributed by atoms with Gasteiger partial charge in [-0.3, -0.25) is 9.88 Å². The summed E-state index contributed by atoms with van der Waals surface area (Å²) >= 11 is 0. The topological polar surface area (TPSA) is 73.3 Å². The number of nitrogens with zero attached hydrogens (tertiary/aromatic N) is 1. The van der Waals surface area contributed by atoms with Crippen LogP contribution in [0, 0.1) is 0 Å². The van der Waals surface area contributed by atoms with E-state index in [1.165, 1.54) is 0 Å². The van der Waals surface area contributed by atoms with Crippen molar-refractivity contribution in [3.8, 4) is 0 Å². The molecule has 0 bridgehead atoms. The highest BCUT2D eigenvalue weighted by atomic mass is 16.4. The van der Waals surface area contributed by atoms with Crippen LogP contribution in [0.3, 0.4) is 0 Å². The summed E-state index contributed by atoms with van der Waals surface area (Å²) in [6, 6.07) is 5.63. The second-order valence-electron chi connectivity index (χ2n) is 4.43. The number of hydrogen-bond acceptors (Lipinski definition) is 5. The largest absolute Gasteiger partial charge is 0.417 e. The fourth-order valence-electron chi connectivity index (χ4n) is 2.13. The molecule has 1 aliphatic heterocycles. The molecule has 2 heterocycles. The fraction of sp³-hybridized carbons (Fsp3) is 0.417. The molecule has 1 saturated heterocycles. The van der Waals surface area contributed by atoms with Crippen LogP contribution in [0.1, 0.15) is 0 Å². The van der Waals surface area contributed by atoms with Crippen LogP contribution < -0.4 is 16.4 Å². The summed E-state index contributed by atoms with van der Waals surface area (Å²) in [6.07, 6.45) is 0. The molecule has 3 N–H and O–H groups in total. The van der Waals surface area contributed by atoms with E-state index in [-0.39, 0.29) is 0 Å². The molecule has 6 nitrogen and oxygen atoms in total. The Hall–Kier alpha value is -1.79. The van der Waals surface area contributed by atoms with E-state index in [1.807, 2.05) is 18.2 Å². The molecule has 1 aromatic carbocycles. The third-order valence-electron chi connectivity index (χ3n) is 3.14. The number of hydrogen-bond donors (Lipinski definition) is 3. The quantitative estimate of drug-likeness (QED) is 0.733. The first-order chi connectivity index (χ1) is 8.81. The molecule has 1 aliphatic rings. The summed E-state index contributed by atoms with van der Waals surface area (Å²) in [5.41, 5.74) is 2.28. The highest BCUT2D eigenvalue weighted by molar-refractivity contribution is 5.76. The molecule has 0 amide bonds. The number of nitrogens with one attached hydrogen (secondary N) is 3. The third-order valence-corrected chi connectivity index (χ3v) is 3.14. The van der Waals surface area contributed by atoms with Gasteiger partial charge in [-0.1, -0.05) is 0 Å². The monoisotopic (exact) mass is 248 g/mol. The SMILES string of the molecule is O=c1[nH]c2ccc(NCN3CCNCC3)cc2o1. The first-order valence-electron chi connectivity index (χ1n) is 6.11. The fourth-order valence-corrected chi connectivity index (χ4v) is 2.13. The van der Waals surface area contributed by atoms with Gasteiger partial charge in [0.2, 0.25) is 0 Å². The maximum Gasteiger partial charge on any atom is 0.417 e. The Morgan fingerprint density at radius 1 is 1.33 bits per heavy atom. The number of anilines is 1. The minimum Gasteiger partial charge on any atom is -0.408 e. The lowest BCUT2D eigenvalue weighted by atomic mass is 10.3. The zero-order valence-corrected chi connectivity index (χ0v) is 10.0. The van der Waals surface area contributed by atoms with Gasteiger partial charge in [-0.25, -0.2) is 4.79 Å². The number of piperazine rings is 1. The molecule has 0 atom stereocenters. The van der Waals surface area contributed by atoms with E-state index in [0.29, 0.717) is 5.58 Å². The van der Waals surface area contributed by atoms with Crippen LogP contribution in [0.4, 0.5) is 5.69 Å². The predicted molar refractivity (Wildman–Crippen MR) is 69.8 cm³/mol. The van der Waals surface area contributed by atoms with Crippen LogP contribution in [-0.2, 0) is 0 Å². The van der Waals surface area contributed by atoms with Gasteiger partial charge >= 0.3 is 5.76 Å². The number of fused-ring (bicyclic) bond motifs is 1. The van der Waals surface area contributed by atoms with Gasteiger partial charge in [0.15, 0.2) is 5.58 Å². The van der Waals surface area contributed by atoms with Crippen molar-refractivity contribution in [2.75, 3.05) is 38.2 Å². The second kappa shape index (κ2) is 4.83. The summed E-state index contributed by atoms with van der Waals surface area (Å²) in [7, 11) is 0. The minimum absolute atomic E-state index is 0.413. The molecule has 0 radical (unpaired) electrons. The van der Waals surface area contributed by atoms with Crippen molar-refractivity contribution in [3.63, 3.8) is 0 Å². The number of benzene rings is 1. The van der Waals surface area contributed by atoms with Gasteiger partial charge in [0.1, 0.15) is 0 Å². The Morgan fingerprint density at radius 3 is 3.00 bits per heavy atom. The van der Waals surface area contributed by atoms with Crippen molar-refractivity contribution in [3.05, 3.63) is 28.7 Å². The smallest absolute Gasteiger partial charge is 0.408 e. The van der Waals surface area contributed by atoms with E-state index in [0.717, 1.165) is 44.1 Å². The van der Waals surface area contributed by atoms with Crippen molar-refractivity contribution in [2.45, 2.75) is 0 Å². The normalized spacial score (nSPS) is 17.1. The lowest BCUT2D eigenvalue weighted by molar-refractivity contribution is 0.256. The van der Waals surface area contributed by atoms with Gasteiger partial charge in [-0.05, 0) is 12.1 Å². The molecule has 6 heteroatoms. The molecule has 0 aliphatic carbocycles. The van der Waals surface area contributed by atoms with E-state index in [1.54, 1.807) is 0 Å². The van der Waals surface area contributed by atoms with Crippen LogP contribution in [0.25, 0.3) is 11.1 Å². The molecule has 0 saturated carbocycles. The van der Waals surface area contributed by atoms with Crippen molar-refractivity contribution >= 4 is 16.8 Å². The van der Waals surface area contributed by atoms with Crippen molar-refractivity contribution in [1.82, 2.24) is 15.2 Å². The summed E-state index contributed by atoms with van der Waals surface area (Å²) in [4.78, 5) is 16.0. The predicted octanol–water partition coefficient (Wildman–Crippen LogP) is 0.396. The molecule has 1 aromatic heterocycles. The molecular formula is C12H16N4O2. The number of aromatic amines is 1. The van der Waals surface area contributed by atoms with Gasteiger partial charge in [-0.15, -0.1) is 0 Å². The van der Waals surface area contributed by atoms with Gasteiger partial charge in [0.25, 0.3) is 0 Å². The zero-order chi connectivity index (χ0) is 12.4. The zero-order valence-electron chi connectivity index (χ0n) is 10.0. The number of rotatable bonds is 3. The highest BCUT2D eigenvalue weighted by Crippen LogP contribution is 2.16. The van der Waals surface area contributed by atoms with Gasteiger partial charge in [-0.2, -0.15) is 0 Å². The van der Waals surface area contributed by atoms with E-state index in [2.05, 4.69) is 20.5 Å². The third kappa shape index (κ3) is 2.39. The standard InChI is InChI=1S/C12H16N4O2/c17-12-15-10-2-1-9(7-11(10)18-12)14-8-16-5-3-13-4-6-16/h1-2,7,13-14H,3-6,8H2,(H,15,17). The summed E-state index contributed by atoms with van der Waals surface area (Å²) in [6.45, 7) is 4.98. The number of aromatic nitrogens is 1. The summed E-state index contributed by atoms with van der Waals surface area (Å²) in [5.74, 6) is -0.413. The van der Waals surface area contributed by atoms with Crippen molar-refractivity contribution in [2.24, 2.45) is 0 Å². The second-order valence-corrected chi connectivity index (χ2v) is 4.43. The van der Waals surface area contributed by atoms with Crippen molar-refractivity contribution < 1.29 is 4.42 Å². The van der Waals surface area contributed by atoms with E-state index in [4.69, 9.17) is 4.42 Å². The van der Waals surface area contributed by atoms with Gasteiger partial charge in [0.05, 0.1) is 12.2 Å². The maximum absolute atomic E-state index is 11.0. The first-order valence-corrected chi connectivity index (χ1v) is 6.11. The Balaban J connectivity index is 1.68. The lowest BCUT2D eigenvalue weighted by Gasteiger charge is -2.27. The number of H-pyrrole nitrogens is 1. The molecule has 96 valence electrons. The van der Waals surface area contributed by atoms with Crippen LogP contribution in [0.15, 0.2) is 27.4 Å². The first kappa shape index (κ1) is 11.3. The van der Waals surface area contributed by atoms with Crippen molar-refractivity contribution in [1.29, 1.82) is 0 Å². The molecule has 18 heavy (non-hydrogen) atoms. The average molecular weight is 248 g/mol. The summed E-state index contributed by atoms with van der Waals surface area (Å²) in [5, 5.41) is 6.65. The minimum atomic E-state index is -0.413. The Kier molecular flexibility index (Phi) is 3.04. The summed E-state index contributed by atoms with van der Waals surface area (Å²) < 4.78 is 5.03. The molecule has 3 rings (SSSR count). The van der Waals surface area contributed by atoms with E-state index >= 15 is 0 Å². The van der Waals surface area contributed by atoms with Crippen LogP contribution in [-0.4, -0.2) is 42.7 Å². The average Bonchev–Trinajstić information content (AvgIpc) is 2.77. The maximum atomic E-state index is 11.0. The molecule has 2 aromatic rings. The molecule has 0 spiro atoms. The van der Waals surface area contributed by atoms with E-state index < -0.39 is 5.76 Å². The molecule has 0 unspecified atom stereocenters. The van der Waals surface area contributed by atoms with Gasteiger partial charge in [0, 0.05) is 37.9 Å². The number of oxazole rings is 1. The molecular weight excluding hydrogens is 232 g/mol. The Morgan fingerprint density at radius 2 is 2.17 bits per heavy atom. The molecule has 1 fully saturated rings. The van der Waals surface area contributed by atoms with Crippen LogP contribution in [0.2, 0.25) is 0 Å². The van der Waals surface area contributed by atoms with Crippen LogP contribution >= 0.6 is 0 Å². The Bertz CT molecular complexity index is 583. The van der Waals surface area contributed by atoms with Gasteiger partial charge < -0.3 is 15.1 Å². The Labute approximate surface area is 104 Å². The van der Waals surface area contributed by atoms with Crippen LogP contribution in [0.5, 0.6) is 0 Å². The highest BCUT2D eigenvalue weighted by Gasteiger charge is 2.09. The lowest BCUT2D eigenvalue weighted by Crippen LogP contribution is -2.45.